The molecule has 4 nitrogen and oxygen atoms in total. The van der Waals surface area contributed by atoms with Gasteiger partial charge in [0.25, 0.3) is 0 Å². The highest BCUT2D eigenvalue weighted by atomic mass is 32.1. The van der Waals surface area contributed by atoms with E-state index in [1.54, 1.807) is 35.6 Å². The number of rotatable bonds is 5. The number of carbonyl (C=O) groups excluding carboxylic acids is 1. The summed E-state index contributed by atoms with van der Waals surface area (Å²) in [4.78, 5) is 12.4. The van der Waals surface area contributed by atoms with E-state index in [2.05, 4.69) is 0 Å². The zero-order valence-corrected chi connectivity index (χ0v) is 10.5. The number of benzene rings is 1. The minimum Gasteiger partial charge on any atom is -0.482 e. The first-order valence-electron chi connectivity index (χ1n) is 5.40. The molecule has 0 atom stereocenters. The lowest BCUT2D eigenvalue weighted by molar-refractivity contribution is -0.147. The average molecular weight is 263 g/mol. The third-order valence-electron chi connectivity index (χ3n) is 2.17. The number of nitrogens with two attached hydrogens (primary N) is 1. The van der Waals surface area contributed by atoms with E-state index in [-0.39, 0.29) is 13.2 Å². The van der Waals surface area contributed by atoms with Gasteiger partial charge in [-0.3, -0.25) is 0 Å². The number of ether oxygens (including phenoxy) is 2. The van der Waals surface area contributed by atoms with Gasteiger partial charge in [-0.25, -0.2) is 4.79 Å². The van der Waals surface area contributed by atoms with Crippen LogP contribution in [0.5, 0.6) is 5.75 Å². The second kappa shape index (κ2) is 6.07. The molecule has 1 aromatic heterocycles. The molecule has 1 aromatic carbocycles. The van der Waals surface area contributed by atoms with Crippen LogP contribution in [0, 0.1) is 0 Å². The Morgan fingerprint density at radius 1 is 1.28 bits per heavy atom. The Morgan fingerprint density at radius 3 is 2.89 bits per heavy atom. The van der Waals surface area contributed by atoms with E-state index in [0.717, 1.165) is 4.88 Å². The molecule has 2 N–H and O–H groups in total. The number of hydrogen-bond acceptors (Lipinski definition) is 5. The highest BCUT2D eigenvalue weighted by molar-refractivity contribution is 7.09. The Morgan fingerprint density at radius 2 is 2.17 bits per heavy atom. The monoisotopic (exact) mass is 263 g/mol. The number of carbonyl (C=O) groups is 1. The summed E-state index contributed by atoms with van der Waals surface area (Å²) in [5, 5.41) is 1.94. The van der Waals surface area contributed by atoms with Crippen LogP contribution in [-0.4, -0.2) is 12.6 Å². The Kier molecular flexibility index (Phi) is 4.20. The number of nitrogen functional groups attached to an aromatic ring is 1. The molecule has 2 rings (SSSR count). The molecule has 0 amide bonds. The van der Waals surface area contributed by atoms with Crippen molar-refractivity contribution in [3.8, 4) is 5.75 Å². The van der Waals surface area contributed by atoms with Crippen LogP contribution in [0.2, 0.25) is 0 Å². The third kappa shape index (κ3) is 3.78. The Hall–Kier alpha value is -2.01. The Balaban J connectivity index is 1.75. The van der Waals surface area contributed by atoms with Gasteiger partial charge in [-0.05, 0) is 23.6 Å². The summed E-state index contributed by atoms with van der Waals surface area (Å²) in [7, 11) is 0. The van der Waals surface area contributed by atoms with Crippen molar-refractivity contribution in [3.05, 3.63) is 46.7 Å². The zero-order chi connectivity index (χ0) is 12.8. The van der Waals surface area contributed by atoms with Crippen LogP contribution in [-0.2, 0) is 16.1 Å². The Labute approximate surface area is 109 Å². The van der Waals surface area contributed by atoms with Crippen molar-refractivity contribution in [1.29, 1.82) is 0 Å². The van der Waals surface area contributed by atoms with E-state index in [4.69, 9.17) is 15.2 Å². The smallest absolute Gasteiger partial charge is 0.344 e. The number of esters is 1. The van der Waals surface area contributed by atoms with Crippen molar-refractivity contribution in [3.63, 3.8) is 0 Å². The molecule has 0 saturated heterocycles. The lowest BCUT2D eigenvalue weighted by atomic mass is 10.3. The van der Waals surface area contributed by atoms with Crippen LogP contribution in [0.3, 0.4) is 0 Å². The van der Waals surface area contributed by atoms with E-state index in [1.165, 1.54) is 0 Å². The molecule has 0 saturated carbocycles. The van der Waals surface area contributed by atoms with Crippen molar-refractivity contribution in [2.45, 2.75) is 6.61 Å². The number of thiophene rings is 1. The number of hydrogen-bond donors (Lipinski definition) is 1. The van der Waals surface area contributed by atoms with Crippen LogP contribution >= 0.6 is 11.3 Å². The van der Waals surface area contributed by atoms with Crippen LogP contribution in [0.1, 0.15) is 4.88 Å². The number of anilines is 1. The second-order valence-corrected chi connectivity index (χ2v) is 4.63. The summed E-state index contributed by atoms with van der Waals surface area (Å²) in [6, 6.07) is 10.7. The third-order valence-corrected chi connectivity index (χ3v) is 3.02. The van der Waals surface area contributed by atoms with Gasteiger partial charge in [-0.2, -0.15) is 0 Å². The van der Waals surface area contributed by atoms with Gasteiger partial charge in [-0.1, -0.05) is 12.1 Å². The fraction of sp³-hybridized carbons (Fsp3) is 0.154. The van der Waals surface area contributed by atoms with Crippen molar-refractivity contribution in [1.82, 2.24) is 0 Å². The highest BCUT2D eigenvalue weighted by Gasteiger charge is 2.05. The first-order valence-corrected chi connectivity index (χ1v) is 6.28. The minimum absolute atomic E-state index is 0.116. The molecule has 0 fully saturated rings. The van der Waals surface area contributed by atoms with Gasteiger partial charge < -0.3 is 15.2 Å². The van der Waals surface area contributed by atoms with Crippen LogP contribution in [0.4, 0.5) is 5.69 Å². The molecular weight excluding hydrogens is 250 g/mol. The lowest BCUT2D eigenvalue weighted by Gasteiger charge is -2.06. The molecule has 0 aliphatic carbocycles. The van der Waals surface area contributed by atoms with Gasteiger partial charge in [0.1, 0.15) is 12.4 Å². The SMILES string of the molecule is Nc1cccc(OCC(=O)OCc2cccs2)c1. The summed E-state index contributed by atoms with van der Waals surface area (Å²) < 4.78 is 10.3. The summed E-state index contributed by atoms with van der Waals surface area (Å²) in [5.41, 5.74) is 6.19. The van der Waals surface area contributed by atoms with Crippen LogP contribution < -0.4 is 10.5 Å². The molecule has 94 valence electrons. The lowest BCUT2D eigenvalue weighted by Crippen LogP contribution is -2.14. The largest absolute Gasteiger partial charge is 0.482 e. The quantitative estimate of drug-likeness (QED) is 0.665. The first-order chi connectivity index (χ1) is 8.74. The first kappa shape index (κ1) is 12.4. The molecular formula is C13H13NO3S. The van der Waals surface area contributed by atoms with E-state index < -0.39 is 5.97 Å². The van der Waals surface area contributed by atoms with E-state index in [9.17, 15) is 4.79 Å². The van der Waals surface area contributed by atoms with Gasteiger partial charge >= 0.3 is 5.97 Å². The predicted octanol–water partition coefficient (Wildman–Crippen LogP) is 2.45. The maximum Gasteiger partial charge on any atom is 0.344 e. The molecule has 0 unspecified atom stereocenters. The second-order valence-electron chi connectivity index (χ2n) is 3.60. The van der Waals surface area contributed by atoms with E-state index in [1.807, 2.05) is 17.5 Å². The van der Waals surface area contributed by atoms with Crippen molar-refractivity contribution >= 4 is 23.0 Å². The molecule has 18 heavy (non-hydrogen) atoms. The molecule has 5 heteroatoms. The van der Waals surface area contributed by atoms with E-state index in [0.29, 0.717) is 11.4 Å². The Bertz CT molecular complexity index is 511. The normalized spacial score (nSPS) is 10.0. The maximum atomic E-state index is 11.4. The maximum absolute atomic E-state index is 11.4. The highest BCUT2D eigenvalue weighted by Crippen LogP contribution is 2.14. The van der Waals surface area contributed by atoms with Gasteiger partial charge in [0.05, 0.1) is 0 Å². The summed E-state index contributed by atoms with van der Waals surface area (Å²) in [6.07, 6.45) is 0. The molecule has 0 spiro atoms. The summed E-state index contributed by atoms with van der Waals surface area (Å²) in [5.74, 6) is 0.161. The van der Waals surface area contributed by atoms with Crippen LogP contribution in [0.25, 0.3) is 0 Å². The molecule has 1 heterocycles. The van der Waals surface area contributed by atoms with Gasteiger partial charge in [-0.15, -0.1) is 11.3 Å². The van der Waals surface area contributed by atoms with E-state index >= 15 is 0 Å². The van der Waals surface area contributed by atoms with Crippen molar-refractivity contribution in [2.24, 2.45) is 0 Å². The zero-order valence-electron chi connectivity index (χ0n) is 9.67. The predicted molar refractivity (Wildman–Crippen MR) is 70.5 cm³/mol. The molecule has 0 aliphatic heterocycles. The standard InChI is InChI=1S/C13H13NO3S/c14-10-3-1-4-11(7-10)16-9-13(15)17-8-12-5-2-6-18-12/h1-7H,8-9,14H2. The summed E-state index contributed by atoms with van der Waals surface area (Å²) in [6.45, 7) is 0.172. The van der Waals surface area contributed by atoms with Gasteiger partial charge in [0, 0.05) is 16.6 Å². The van der Waals surface area contributed by atoms with Crippen molar-refractivity contribution in [2.75, 3.05) is 12.3 Å². The summed E-state index contributed by atoms with van der Waals surface area (Å²) >= 11 is 1.55. The van der Waals surface area contributed by atoms with Crippen molar-refractivity contribution < 1.29 is 14.3 Å². The fourth-order valence-corrected chi connectivity index (χ4v) is 1.95. The van der Waals surface area contributed by atoms with Gasteiger partial charge in [0.2, 0.25) is 0 Å². The molecule has 0 aliphatic rings. The van der Waals surface area contributed by atoms with Crippen LogP contribution in [0.15, 0.2) is 41.8 Å². The molecule has 0 radical (unpaired) electrons. The fourth-order valence-electron chi connectivity index (χ4n) is 1.33. The minimum atomic E-state index is -0.397. The van der Waals surface area contributed by atoms with Gasteiger partial charge in [0.15, 0.2) is 6.61 Å². The molecule has 2 aromatic rings. The average Bonchev–Trinajstić information content (AvgIpc) is 2.87. The topological polar surface area (TPSA) is 61.5 Å². The molecule has 0 bridgehead atoms.